The summed E-state index contributed by atoms with van der Waals surface area (Å²) >= 11 is 5.76. The first-order chi connectivity index (χ1) is 7.78. The van der Waals surface area contributed by atoms with Gasteiger partial charge in [0.1, 0.15) is 5.82 Å². The lowest BCUT2D eigenvalue weighted by Gasteiger charge is -2.19. The average molecular weight is 258 g/mol. The van der Waals surface area contributed by atoms with Gasteiger partial charge in [-0.1, -0.05) is 11.6 Å². The Bertz CT molecular complexity index is 412. The Morgan fingerprint density at radius 2 is 2.06 bits per heavy atom. The van der Waals surface area contributed by atoms with E-state index in [1.165, 1.54) is 18.2 Å². The van der Waals surface area contributed by atoms with E-state index in [2.05, 4.69) is 5.32 Å². The summed E-state index contributed by atoms with van der Waals surface area (Å²) in [6.45, 7) is 6.15. The van der Waals surface area contributed by atoms with Gasteiger partial charge < -0.3 is 5.32 Å². The SMILES string of the molecule is CC(C)(C)NCC(=O)Cc1cc(Cl)ccc1F. The zero-order valence-electron chi connectivity index (χ0n) is 10.3. The lowest BCUT2D eigenvalue weighted by atomic mass is 10.1. The first-order valence-corrected chi connectivity index (χ1v) is 5.86. The number of benzene rings is 1. The van der Waals surface area contributed by atoms with E-state index < -0.39 is 5.82 Å². The lowest BCUT2D eigenvalue weighted by molar-refractivity contribution is -0.117. The molecule has 0 aromatic heterocycles. The van der Waals surface area contributed by atoms with Crippen LogP contribution in [0.2, 0.25) is 5.02 Å². The molecular weight excluding hydrogens is 241 g/mol. The third-order valence-corrected chi connectivity index (χ3v) is 2.45. The molecule has 1 aromatic rings. The second-order valence-electron chi connectivity index (χ2n) is 5.05. The normalized spacial score (nSPS) is 11.6. The smallest absolute Gasteiger partial charge is 0.151 e. The minimum atomic E-state index is -0.390. The van der Waals surface area contributed by atoms with Crippen molar-refractivity contribution in [1.29, 1.82) is 0 Å². The number of halogens is 2. The summed E-state index contributed by atoms with van der Waals surface area (Å²) in [5.41, 5.74) is 0.223. The minimum absolute atomic E-state index is 0.0545. The van der Waals surface area contributed by atoms with Crippen LogP contribution in [0.3, 0.4) is 0 Å². The number of Topliss-reactive ketones (excluding diaryl/α,β-unsaturated/α-hetero) is 1. The van der Waals surface area contributed by atoms with Crippen molar-refractivity contribution in [3.05, 3.63) is 34.6 Å². The topological polar surface area (TPSA) is 29.1 Å². The number of carbonyl (C=O) groups is 1. The molecule has 4 heteroatoms. The summed E-state index contributed by atoms with van der Waals surface area (Å²) in [6, 6.07) is 4.24. The van der Waals surface area contributed by atoms with Crippen molar-refractivity contribution < 1.29 is 9.18 Å². The molecule has 0 aliphatic heterocycles. The zero-order chi connectivity index (χ0) is 13.1. The number of rotatable bonds is 4. The van der Waals surface area contributed by atoms with Gasteiger partial charge in [0.15, 0.2) is 5.78 Å². The van der Waals surface area contributed by atoms with Crippen molar-refractivity contribution >= 4 is 17.4 Å². The van der Waals surface area contributed by atoms with Crippen LogP contribution in [-0.2, 0) is 11.2 Å². The average Bonchev–Trinajstić information content (AvgIpc) is 2.20. The molecule has 0 radical (unpaired) electrons. The third kappa shape index (κ3) is 5.29. The highest BCUT2D eigenvalue weighted by Crippen LogP contribution is 2.15. The van der Waals surface area contributed by atoms with Crippen LogP contribution in [0.5, 0.6) is 0 Å². The highest BCUT2D eigenvalue weighted by molar-refractivity contribution is 6.30. The Morgan fingerprint density at radius 1 is 1.41 bits per heavy atom. The summed E-state index contributed by atoms with van der Waals surface area (Å²) in [5, 5.41) is 3.51. The molecule has 0 fully saturated rings. The van der Waals surface area contributed by atoms with E-state index in [9.17, 15) is 9.18 Å². The van der Waals surface area contributed by atoms with Crippen LogP contribution in [0.15, 0.2) is 18.2 Å². The third-order valence-electron chi connectivity index (χ3n) is 2.21. The molecule has 2 nitrogen and oxygen atoms in total. The van der Waals surface area contributed by atoms with Crippen LogP contribution in [0, 0.1) is 5.82 Å². The van der Waals surface area contributed by atoms with Crippen LogP contribution in [0.4, 0.5) is 4.39 Å². The fraction of sp³-hybridized carbons (Fsp3) is 0.462. The molecule has 0 atom stereocenters. The molecule has 0 unspecified atom stereocenters. The van der Waals surface area contributed by atoms with Gasteiger partial charge in [-0.05, 0) is 44.5 Å². The molecular formula is C13H17ClFNO. The minimum Gasteiger partial charge on any atom is -0.305 e. The van der Waals surface area contributed by atoms with Crippen LogP contribution in [-0.4, -0.2) is 17.9 Å². The number of hydrogen-bond acceptors (Lipinski definition) is 2. The lowest BCUT2D eigenvalue weighted by Crippen LogP contribution is -2.39. The number of nitrogens with one attached hydrogen (secondary N) is 1. The van der Waals surface area contributed by atoms with Crippen molar-refractivity contribution in [2.24, 2.45) is 0 Å². The van der Waals surface area contributed by atoms with E-state index in [1.54, 1.807) is 0 Å². The van der Waals surface area contributed by atoms with Crippen molar-refractivity contribution in [3.63, 3.8) is 0 Å². The summed E-state index contributed by atoms with van der Waals surface area (Å²) in [7, 11) is 0. The van der Waals surface area contributed by atoms with E-state index in [1.807, 2.05) is 20.8 Å². The van der Waals surface area contributed by atoms with Crippen LogP contribution in [0.25, 0.3) is 0 Å². The molecule has 0 spiro atoms. The Kier molecular flexibility index (Phi) is 4.66. The molecule has 0 heterocycles. The van der Waals surface area contributed by atoms with Gasteiger partial charge in [0.05, 0.1) is 6.54 Å². The molecule has 0 aliphatic rings. The van der Waals surface area contributed by atoms with E-state index in [-0.39, 0.29) is 24.3 Å². The van der Waals surface area contributed by atoms with Crippen LogP contribution in [0.1, 0.15) is 26.3 Å². The van der Waals surface area contributed by atoms with Crippen molar-refractivity contribution in [1.82, 2.24) is 5.32 Å². The van der Waals surface area contributed by atoms with Crippen LogP contribution >= 0.6 is 11.6 Å². The van der Waals surface area contributed by atoms with Gasteiger partial charge in [-0.15, -0.1) is 0 Å². The molecule has 1 aromatic carbocycles. The zero-order valence-corrected chi connectivity index (χ0v) is 11.1. The highest BCUT2D eigenvalue weighted by atomic mass is 35.5. The largest absolute Gasteiger partial charge is 0.305 e. The van der Waals surface area contributed by atoms with Gasteiger partial charge in [0.2, 0.25) is 0 Å². The maximum atomic E-state index is 13.4. The van der Waals surface area contributed by atoms with Gasteiger partial charge in [-0.2, -0.15) is 0 Å². The van der Waals surface area contributed by atoms with Crippen molar-refractivity contribution in [2.75, 3.05) is 6.54 Å². The molecule has 0 saturated carbocycles. The number of hydrogen-bond donors (Lipinski definition) is 1. The molecule has 0 amide bonds. The molecule has 1 rings (SSSR count). The van der Waals surface area contributed by atoms with Gasteiger partial charge >= 0.3 is 0 Å². The van der Waals surface area contributed by atoms with E-state index in [4.69, 9.17) is 11.6 Å². The Hall–Kier alpha value is -0.930. The molecule has 94 valence electrons. The van der Waals surface area contributed by atoms with Gasteiger partial charge in [-0.3, -0.25) is 4.79 Å². The number of carbonyl (C=O) groups excluding carboxylic acids is 1. The predicted octanol–water partition coefficient (Wildman–Crippen LogP) is 2.98. The molecule has 17 heavy (non-hydrogen) atoms. The maximum absolute atomic E-state index is 13.4. The molecule has 0 aliphatic carbocycles. The van der Waals surface area contributed by atoms with Gasteiger partial charge in [-0.25, -0.2) is 4.39 Å². The van der Waals surface area contributed by atoms with E-state index in [0.717, 1.165) is 0 Å². The fourth-order valence-corrected chi connectivity index (χ4v) is 1.51. The predicted molar refractivity (Wildman–Crippen MR) is 67.9 cm³/mol. The molecule has 1 N–H and O–H groups in total. The summed E-state index contributed by atoms with van der Waals surface area (Å²) in [4.78, 5) is 11.7. The molecule has 0 bridgehead atoms. The fourth-order valence-electron chi connectivity index (χ4n) is 1.32. The Labute approximate surface area is 106 Å². The maximum Gasteiger partial charge on any atom is 0.151 e. The monoisotopic (exact) mass is 257 g/mol. The van der Waals surface area contributed by atoms with Gasteiger partial charge in [0, 0.05) is 17.0 Å². The summed E-state index contributed by atoms with van der Waals surface area (Å²) < 4.78 is 13.4. The van der Waals surface area contributed by atoms with Crippen molar-refractivity contribution in [3.8, 4) is 0 Å². The van der Waals surface area contributed by atoms with E-state index in [0.29, 0.717) is 10.6 Å². The van der Waals surface area contributed by atoms with E-state index >= 15 is 0 Å². The highest BCUT2D eigenvalue weighted by Gasteiger charge is 2.13. The second-order valence-corrected chi connectivity index (χ2v) is 5.49. The first-order valence-electron chi connectivity index (χ1n) is 5.48. The number of ketones is 1. The second kappa shape index (κ2) is 5.61. The standard InChI is InChI=1S/C13H17ClFNO/c1-13(2,3)16-8-11(17)7-9-6-10(14)4-5-12(9)15/h4-6,16H,7-8H2,1-3H3. The summed E-state index contributed by atoms with van der Waals surface area (Å²) in [5.74, 6) is -0.445. The molecule has 0 saturated heterocycles. The Balaban J connectivity index is 2.59. The van der Waals surface area contributed by atoms with Crippen molar-refractivity contribution in [2.45, 2.75) is 32.7 Å². The Morgan fingerprint density at radius 3 is 2.65 bits per heavy atom. The quantitative estimate of drug-likeness (QED) is 0.899. The summed E-state index contributed by atoms with van der Waals surface area (Å²) in [6.07, 6.45) is 0.0650. The van der Waals surface area contributed by atoms with Gasteiger partial charge in [0.25, 0.3) is 0 Å². The first kappa shape index (κ1) is 14.1. The van der Waals surface area contributed by atoms with Crippen LogP contribution < -0.4 is 5.32 Å².